The van der Waals surface area contributed by atoms with E-state index in [1.807, 2.05) is 6.20 Å². The van der Waals surface area contributed by atoms with Gasteiger partial charge in [-0.1, -0.05) is 53.1 Å². The highest BCUT2D eigenvalue weighted by Gasteiger charge is 2.10. The molecule has 112 valence electrons. The van der Waals surface area contributed by atoms with Crippen molar-refractivity contribution < 1.29 is 0 Å². The first-order valence-corrected chi connectivity index (χ1v) is 7.98. The average Bonchev–Trinajstić information content (AvgIpc) is 2.53. The summed E-state index contributed by atoms with van der Waals surface area (Å²) in [5, 5.41) is 5.04. The molecule has 0 aliphatic heterocycles. The fourth-order valence-electron chi connectivity index (χ4n) is 3.44. The molecule has 0 atom stereocenters. The lowest BCUT2D eigenvalue weighted by molar-refractivity contribution is 1.33. The summed E-state index contributed by atoms with van der Waals surface area (Å²) in [5.41, 5.74) is 6.10. The molecule has 1 aromatic heterocycles. The van der Waals surface area contributed by atoms with Crippen molar-refractivity contribution in [2.24, 2.45) is 0 Å². The maximum Gasteiger partial charge on any atom is 0.0786 e. The summed E-state index contributed by atoms with van der Waals surface area (Å²) < 4.78 is 0. The fraction of sp³-hybridized carbons (Fsp3) is 0.136. The summed E-state index contributed by atoms with van der Waals surface area (Å²) in [7, 11) is 0. The van der Waals surface area contributed by atoms with Crippen LogP contribution in [0.1, 0.15) is 16.7 Å². The Labute approximate surface area is 136 Å². The van der Waals surface area contributed by atoms with Crippen LogP contribution in [0.2, 0.25) is 0 Å². The van der Waals surface area contributed by atoms with Crippen LogP contribution in [0.15, 0.2) is 60.8 Å². The Morgan fingerprint density at radius 3 is 2.13 bits per heavy atom. The minimum Gasteiger partial charge on any atom is -0.256 e. The minimum atomic E-state index is 1.07. The van der Waals surface area contributed by atoms with Gasteiger partial charge in [0.05, 0.1) is 5.69 Å². The van der Waals surface area contributed by atoms with Gasteiger partial charge in [0.15, 0.2) is 0 Å². The van der Waals surface area contributed by atoms with E-state index in [1.165, 1.54) is 43.8 Å². The van der Waals surface area contributed by atoms with E-state index >= 15 is 0 Å². The van der Waals surface area contributed by atoms with E-state index in [-0.39, 0.29) is 0 Å². The second kappa shape index (κ2) is 5.20. The number of nitrogens with zero attached hydrogens (tertiary/aromatic N) is 1. The zero-order valence-electron chi connectivity index (χ0n) is 13.7. The number of fused-ring (bicyclic) bond motifs is 3. The van der Waals surface area contributed by atoms with E-state index in [4.69, 9.17) is 4.98 Å². The molecule has 23 heavy (non-hydrogen) atoms. The molecule has 0 spiro atoms. The molecule has 0 N–H and O–H groups in total. The summed E-state index contributed by atoms with van der Waals surface area (Å²) in [6.45, 7) is 6.43. The van der Waals surface area contributed by atoms with Gasteiger partial charge < -0.3 is 0 Å². The van der Waals surface area contributed by atoms with Crippen molar-refractivity contribution >= 4 is 21.5 Å². The highest BCUT2D eigenvalue weighted by Crippen LogP contribution is 2.34. The topological polar surface area (TPSA) is 12.9 Å². The van der Waals surface area contributed by atoms with Gasteiger partial charge in [0, 0.05) is 17.1 Å². The largest absolute Gasteiger partial charge is 0.256 e. The predicted molar refractivity (Wildman–Crippen MR) is 98.9 cm³/mol. The third-order valence-corrected chi connectivity index (χ3v) is 4.40. The molecule has 0 saturated heterocycles. The number of benzene rings is 3. The number of aryl methyl sites for hydroxylation is 3. The standard InChI is InChI=1S/C22H19N/c1-14-4-5-17-6-7-18-8-9-23-22(21(18)20(17)13-14)19-11-15(2)10-16(3)12-19/h4-13H,1-3H3. The molecule has 1 heterocycles. The van der Waals surface area contributed by atoms with Gasteiger partial charge in [-0.15, -0.1) is 0 Å². The number of rotatable bonds is 1. The first kappa shape index (κ1) is 14.0. The second-order valence-corrected chi connectivity index (χ2v) is 6.42. The maximum absolute atomic E-state index is 4.74. The Morgan fingerprint density at radius 2 is 1.35 bits per heavy atom. The first-order valence-electron chi connectivity index (χ1n) is 7.98. The Hall–Kier alpha value is -2.67. The Morgan fingerprint density at radius 1 is 0.652 bits per heavy atom. The van der Waals surface area contributed by atoms with E-state index in [1.54, 1.807) is 0 Å². The molecular formula is C22H19N. The van der Waals surface area contributed by atoms with Gasteiger partial charge >= 0.3 is 0 Å². The maximum atomic E-state index is 4.74. The van der Waals surface area contributed by atoms with Gasteiger partial charge in [0.1, 0.15) is 0 Å². The monoisotopic (exact) mass is 297 g/mol. The number of hydrogen-bond donors (Lipinski definition) is 0. The Kier molecular flexibility index (Phi) is 3.16. The fourth-order valence-corrected chi connectivity index (χ4v) is 3.44. The predicted octanol–water partition coefficient (Wildman–Crippen LogP) is 5.98. The molecule has 1 nitrogen and oxygen atoms in total. The molecule has 0 aliphatic carbocycles. The van der Waals surface area contributed by atoms with E-state index in [0.29, 0.717) is 0 Å². The van der Waals surface area contributed by atoms with Crippen LogP contribution in [0.25, 0.3) is 32.8 Å². The van der Waals surface area contributed by atoms with Gasteiger partial charge in [-0.2, -0.15) is 0 Å². The third kappa shape index (κ3) is 2.39. The smallest absolute Gasteiger partial charge is 0.0786 e. The van der Waals surface area contributed by atoms with Crippen LogP contribution < -0.4 is 0 Å². The Balaban J connectivity index is 2.16. The second-order valence-electron chi connectivity index (χ2n) is 6.42. The van der Waals surface area contributed by atoms with Crippen LogP contribution in [0.3, 0.4) is 0 Å². The molecule has 0 saturated carbocycles. The van der Waals surface area contributed by atoms with Gasteiger partial charge in [0.2, 0.25) is 0 Å². The summed E-state index contributed by atoms with van der Waals surface area (Å²) in [4.78, 5) is 4.74. The molecule has 0 amide bonds. The van der Waals surface area contributed by atoms with Crippen molar-refractivity contribution in [1.29, 1.82) is 0 Å². The third-order valence-electron chi connectivity index (χ3n) is 4.40. The van der Waals surface area contributed by atoms with Crippen LogP contribution in [0.4, 0.5) is 0 Å². The van der Waals surface area contributed by atoms with E-state index < -0.39 is 0 Å². The van der Waals surface area contributed by atoms with Crippen LogP contribution >= 0.6 is 0 Å². The number of hydrogen-bond acceptors (Lipinski definition) is 1. The molecule has 0 fully saturated rings. The lowest BCUT2D eigenvalue weighted by Gasteiger charge is -2.11. The van der Waals surface area contributed by atoms with Crippen LogP contribution in [-0.4, -0.2) is 4.98 Å². The molecule has 0 bridgehead atoms. The van der Waals surface area contributed by atoms with Gasteiger partial charge in [-0.25, -0.2) is 0 Å². The summed E-state index contributed by atoms with van der Waals surface area (Å²) in [5.74, 6) is 0. The lowest BCUT2D eigenvalue weighted by atomic mass is 9.95. The molecule has 4 rings (SSSR count). The molecular weight excluding hydrogens is 278 g/mol. The van der Waals surface area contributed by atoms with Crippen molar-refractivity contribution in [3.63, 3.8) is 0 Å². The van der Waals surface area contributed by atoms with Crippen molar-refractivity contribution in [1.82, 2.24) is 4.98 Å². The molecule has 0 radical (unpaired) electrons. The van der Waals surface area contributed by atoms with Crippen molar-refractivity contribution in [2.75, 3.05) is 0 Å². The summed E-state index contributed by atoms with van der Waals surface area (Å²) in [6.07, 6.45) is 1.91. The van der Waals surface area contributed by atoms with Crippen LogP contribution in [-0.2, 0) is 0 Å². The molecule has 3 aromatic carbocycles. The molecule has 1 heteroatoms. The van der Waals surface area contributed by atoms with E-state index in [0.717, 1.165) is 5.69 Å². The summed E-state index contributed by atoms with van der Waals surface area (Å²) in [6, 6.07) is 19.8. The minimum absolute atomic E-state index is 1.07. The van der Waals surface area contributed by atoms with E-state index in [2.05, 4.69) is 75.4 Å². The zero-order chi connectivity index (χ0) is 16.0. The van der Waals surface area contributed by atoms with Crippen LogP contribution in [0, 0.1) is 20.8 Å². The average molecular weight is 297 g/mol. The van der Waals surface area contributed by atoms with Crippen molar-refractivity contribution in [2.45, 2.75) is 20.8 Å². The lowest BCUT2D eigenvalue weighted by Crippen LogP contribution is -1.90. The normalized spacial score (nSPS) is 11.3. The highest BCUT2D eigenvalue weighted by atomic mass is 14.7. The SMILES string of the molecule is Cc1cc(C)cc(-c2nccc3ccc4ccc(C)cc4c23)c1. The van der Waals surface area contributed by atoms with Crippen LogP contribution in [0.5, 0.6) is 0 Å². The molecule has 0 unspecified atom stereocenters. The Bertz CT molecular complexity index is 1020. The number of pyridine rings is 1. The van der Waals surface area contributed by atoms with Gasteiger partial charge in [0.25, 0.3) is 0 Å². The van der Waals surface area contributed by atoms with Crippen molar-refractivity contribution in [3.05, 3.63) is 77.5 Å². The zero-order valence-corrected chi connectivity index (χ0v) is 13.7. The number of aromatic nitrogens is 1. The molecule has 0 aliphatic rings. The molecule has 4 aromatic rings. The van der Waals surface area contributed by atoms with E-state index in [9.17, 15) is 0 Å². The van der Waals surface area contributed by atoms with Crippen molar-refractivity contribution in [3.8, 4) is 11.3 Å². The summed E-state index contributed by atoms with van der Waals surface area (Å²) >= 11 is 0. The highest BCUT2D eigenvalue weighted by molar-refractivity contribution is 6.13. The van der Waals surface area contributed by atoms with Gasteiger partial charge in [-0.05, 0) is 55.1 Å². The van der Waals surface area contributed by atoms with Gasteiger partial charge in [-0.3, -0.25) is 4.98 Å². The first-order chi connectivity index (χ1) is 11.1. The quantitative estimate of drug-likeness (QED) is 0.394.